The first-order valence-corrected chi connectivity index (χ1v) is 8.34. The van der Waals surface area contributed by atoms with E-state index in [9.17, 15) is 12.8 Å². The molecule has 102 valence electrons. The molecule has 0 unspecified atom stereocenters. The van der Waals surface area contributed by atoms with Crippen molar-refractivity contribution in [2.24, 2.45) is 0 Å². The maximum Gasteiger partial charge on any atom is 0.234 e. The van der Waals surface area contributed by atoms with Crippen LogP contribution in [0.2, 0.25) is 0 Å². The van der Waals surface area contributed by atoms with Gasteiger partial charge in [0.1, 0.15) is 5.82 Å². The van der Waals surface area contributed by atoms with E-state index in [0.717, 1.165) is 13.0 Å². The molecule has 0 aromatic heterocycles. The molecule has 4 nitrogen and oxygen atoms in total. The van der Waals surface area contributed by atoms with Crippen LogP contribution >= 0.6 is 22.6 Å². The summed E-state index contributed by atoms with van der Waals surface area (Å²) in [6.45, 7) is 3.21. The van der Waals surface area contributed by atoms with Gasteiger partial charge in [-0.1, -0.05) is 6.92 Å². The Bertz CT molecular complexity index is 494. The predicted molar refractivity (Wildman–Crippen MR) is 79.7 cm³/mol. The first kappa shape index (κ1) is 15.6. The molecule has 0 aliphatic rings. The van der Waals surface area contributed by atoms with Gasteiger partial charge in [-0.05, 0) is 53.8 Å². The monoisotopic (exact) mass is 386 g/mol. The van der Waals surface area contributed by atoms with Gasteiger partial charge in [-0.25, -0.2) is 12.8 Å². The molecule has 0 aliphatic carbocycles. The maximum atomic E-state index is 12.9. The van der Waals surface area contributed by atoms with Crippen molar-refractivity contribution in [3.63, 3.8) is 0 Å². The molecule has 0 saturated carbocycles. The third-order valence-corrected chi connectivity index (χ3v) is 4.34. The minimum atomic E-state index is -3.39. The second-order valence-corrected chi connectivity index (χ2v) is 6.80. The zero-order chi connectivity index (χ0) is 13.6. The van der Waals surface area contributed by atoms with Crippen LogP contribution in [0.15, 0.2) is 18.2 Å². The Morgan fingerprint density at radius 1 is 1.33 bits per heavy atom. The maximum absolute atomic E-state index is 12.9. The molecule has 0 aliphatic heterocycles. The Balaban J connectivity index is 2.59. The van der Waals surface area contributed by atoms with Gasteiger partial charge in [0.05, 0.1) is 11.4 Å². The largest absolute Gasteiger partial charge is 0.316 e. The van der Waals surface area contributed by atoms with Crippen LogP contribution < -0.4 is 10.0 Å². The number of hydrogen-bond donors (Lipinski definition) is 2. The highest BCUT2D eigenvalue weighted by molar-refractivity contribution is 14.1. The summed E-state index contributed by atoms with van der Waals surface area (Å²) in [6.07, 6.45) is 0.962. The summed E-state index contributed by atoms with van der Waals surface area (Å²) in [4.78, 5) is 0. The zero-order valence-electron chi connectivity index (χ0n) is 10.0. The molecule has 2 N–H and O–H groups in total. The molecule has 1 rings (SSSR count). The number of nitrogens with one attached hydrogen (secondary N) is 2. The van der Waals surface area contributed by atoms with Gasteiger partial charge in [0, 0.05) is 10.1 Å². The van der Waals surface area contributed by atoms with E-state index in [1.165, 1.54) is 18.2 Å². The van der Waals surface area contributed by atoms with Crippen molar-refractivity contribution < 1.29 is 12.8 Å². The van der Waals surface area contributed by atoms with Crippen molar-refractivity contribution in [3.8, 4) is 0 Å². The van der Waals surface area contributed by atoms with Crippen LogP contribution in [0, 0.1) is 9.39 Å². The molecule has 0 spiro atoms. The molecule has 0 heterocycles. The number of sulfonamides is 1. The first-order valence-electron chi connectivity index (χ1n) is 5.61. The second-order valence-electron chi connectivity index (χ2n) is 3.80. The fraction of sp³-hybridized carbons (Fsp3) is 0.455. The minimum Gasteiger partial charge on any atom is -0.316 e. The van der Waals surface area contributed by atoms with Crippen LogP contribution in [0.1, 0.15) is 13.3 Å². The third-order valence-electron chi connectivity index (χ3n) is 2.17. The Hall–Kier alpha value is -0.410. The van der Waals surface area contributed by atoms with Gasteiger partial charge in [0.2, 0.25) is 10.0 Å². The summed E-state index contributed by atoms with van der Waals surface area (Å²) in [5.74, 6) is -0.382. The molecule has 0 bridgehead atoms. The van der Waals surface area contributed by atoms with Crippen LogP contribution in [0.5, 0.6) is 0 Å². The quantitative estimate of drug-likeness (QED) is 0.558. The summed E-state index contributed by atoms with van der Waals surface area (Å²) >= 11 is 1.89. The van der Waals surface area contributed by atoms with E-state index < -0.39 is 10.0 Å². The molecule has 7 heteroatoms. The van der Waals surface area contributed by atoms with Crippen molar-refractivity contribution in [2.45, 2.75) is 13.3 Å². The van der Waals surface area contributed by atoms with E-state index in [1.807, 2.05) is 29.5 Å². The van der Waals surface area contributed by atoms with Gasteiger partial charge < -0.3 is 5.32 Å². The zero-order valence-corrected chi connectivity index (χ0v) is 13.0. The topological polar surface area (TPSA) is 58.2 Å². The van der Waals surface area contributed by atoms with Crippen molar-refractivity contribution in [3.05, 3.63) is 27.6 Å². The molecule has 1 aromatic carbocycles. The van der Waals surface area contributed by atoms with Crippen LogP contribution in [-0.4, -0.2) is 27.3 Å². The molecule has 0 atom stereocenters. The number of anilines is 1. The van der Waals surface area contributed by atoms with Crippen molar-refractivity contribution in [2.75, 3.05) is 23.6 Å². The normalized spacial score (nSPS) is 11.5. The van der Waals surface area contributed by atoms with Gasteiger partial charge in [0.15, 0.2) is 0 Å². The van der Waals surface area contributed by atoms with Crippen LogP contribution in [-0.2, 0) is 10.0 Å². The fourth-order valence-electron chi connectivity index (χ4n) is 1.30. The minimum absolute atomic E-state index is 0.000453. The van der Waals surface area contributed by atoms with Gasteiger partial charge in [-0.2, -0.15) is 0 Å². The van der Waals surface area contributed by atoms with Gasteiger partial charge in [0.25, 0.3) is 0 Å². The van der Waals surface area contributed by atoms with Crippen LogP contribution in [0.4, 0.5) is 10.1 Å². The van der Waals surface area contributed by atoms with Gasteiger partial charge in [-0.3, -0.25) is 4.72 Å². The van der Waals surface area contributed by atoms with Crippen molar-refractivity contribution in [1.29, 1.82) is 0 Å². The average molecular weight is 386 g/mol. The van der Waals surface area contributed by atoms with Crippen molar-refractivity contribution >= 4 is 38.3 Å². The summed E-state index contributed by atoms with van der Waals surface area (Å²) in [7, 11) is -3.39. The molecule has 0 amide bonds. The number of benzene rings is 1. The lowest BCUT2D eigenvalue weighted by Crippen LogP contribution is -2.27. The van der Waals surface area contributed by atoms with Gasteiger partial charge in [-0.15, -0.1) is 0 Å². The Morgan fingerprint density at radius 3 is 2.67 bits per heavy atom. The van der Waals surface area contributed by atoms with E-state index in [1.54, 1.807) is 0 Å². The molecule has 18 heavy (non-hydrogen) atoms. The highest BCUT2D eigenvalue weighted by Gasteiger charge is 2.12. The summed E-state index contributed by atoms with van der Waals surface area (Å²) in [5, 5.41) is 3.02. The Morgan fingerprint density at radius 2 is 2.06 bits per heavy atom. The fourth-order valence-corrected chi connectivity index (χ4v) is 3.12. The molecule has 0 radical (unpaired) electrons. The molecular formula is C11H16FIN2O2S. The summed E-state index contributed by atoms with van der Waals surface area (Å²) < 4.78 is 39.4. The predicted octanol–water partition coefficient (Wildman–Crippen LogP) is 2.17. The highest BCUT2D eigenvalue weighted by atomic mass is 127. The smallest absolute Gasteiger partial charge is 0.234 e. The Labute approximate surface area is 121 Å². The average Bonchev–Trinajstić information content (AvgIpc) is 2.28. The molecule has 1 aromatic rings. The summed E-state index contributed by atoms with van der Waals surface area (Å²) in [5.41, 5.74) is 0.410. The standard InChI is InChI=1S/C11H16FIN2O2S/c1-2-5-14-6-7-18(16,17)15-11-4-3-9(12)8-10(11)13/h3-4,8,14-15H,2,5-7H2,1H3. The summed E-state index contributed by atoms with van der Waals surface area (Å²) in [6, 6.07) is 3.94. The van der Waals surface area contributed by atoms with E-state index in [4.69, 9.17) is 0 Å². The lowest BCUT2D eigenvalue weighted by atomic mass is 10.3. The second kappa shape index (κ2) is 7.25. The SMILES string of the molecule is CCCNCCS(=O)(=O)Nc1ccc(F)cc1I. The van der Waals surface area contributed by atoms with Gasteiger partial charge >= 0.3 is 0 Å². The lowest BCUT2D eigenvalue weighted by molar-refractivity contribution is 0.595. The van der Waals surface area contributed by atoms with Crippen molar-refractivity contribution in [1.82, 2.24) is 5.32 Å². The van der Waals surface area contributed by atoms with E-state index in [-0.39, 0.29) is 11.6 Å². The molecule has 0 fully saturated rings. The van der Waals surface area contributed by atoms with E-state index >= 15 is 0 Å². The molecule has 0 saturated heterocycles. The first-order chi connectivity index (χ1) is 8.44. The third kappa shape index (κ3) is 5.49. The number of hydrogen-bond acceptors (Lipinski definition) is 3. The Kier molecular flexibility index (Phi) is 6.30. The van der Waals surface area contributed by atoms with E-state index in [2.05, 4.69) is 10.0 Å². The lowest BCUT2D eigenvalue weighted by Gasteiger charge is -2.10. The number of halogens is 2. The highest BCUT2D eigenvalue weighted by Crippen LogP contribution is 2.20. The van der Waals surface area contributed by atoms with Crippen LogP contribution in [0.3, 0.4) is 0 Å². The van der Waals surface area contributed by atoms with E-state index in [0.29, 0.717) is 15.8 Å². The molecular weight excluding hydrogens is 370 g/mol. The number of rotatable bonds is 7. The van der Waals surface area contributed by atoms with Crippen LogP contribution in [0.25, 0.3) is 0 Å².